The van der Waals surface area contributed by atoms with Gasteiger partial charge in [-0.15, -0.1) is 0 Å². The SMILES string of the molecule is CC1C(=O)Nc2ccccc2CN1C(=O)N1CCCCC1. The average Bonchev–Trinajstić information content (AvgIpc) is 2.65. The van der Waals surface area contributed by atoms with Crippen LogP contribution in [0.1, 0.15) is 31.7 Å². The van der Waals surface area contributed by atoms with Gasteiger partial charge in [0.1, 0.15) is 6.04 Å². The van der Waals surface area contributed by atoms with Crippen molar-refractivity contribution >= 4 is 17.6 Å². The zero-order valence-electron chi connectivity index (χ0n) is 12.3. The van der Waals surface area contributed by atoms with Crippen LogP contribution in [0.25, 0.3) is 0 Å². The van der Waals surface area contributed by atoms with E-state index < -0.39 is 6.04 Å². The van der Waals surface area contributed by atoms with E-state index in [0.29, 0.717) is 6.54 Å². The first-order chi connectivity index (χ1) is 10.2. The summed E-state index contributed by atoms with van der Waals surface area (Å²) < 4.78 is 0. The van der Waals surface area contributed by atoms with Crippen LogP contribution in [-0.2, 0) is 11.3 Å². The van der Waals surface area contributed by atoms with Crippen molar-refractivity contribution in [1.82, 2.24) is 9.80 Å². The molecule has 0 aromatic heterocycles. The van der Waals surface area contributed by atoms with Crippen molar-refractivity contribution in [3.8, 4) is 0 Å². The molecule has 0 aliphatic carbocycles. The third kappa shape index (κ3) is 2.73. The summed E-state index contributed by atoms with van der Waals surface area (Å²) in [5.41, 5.74) is 1.80. The summed E-state index contributed by atoms with van der Waals surface area (Å²) in [6.07, 6.45) is 3.29. The molecule has 1 aromatic carbocycles. The highest BCUT2D eigenvalue weighted by Gasteiger charge is 2.32. The molecule has 0 bridgehead atoms. The van der Waals surface area contributed by atoms with Crippen LogP contribution in [0.2, 0.25) is 0 Å². The Balaban J connectivity index is 1.86. The lowest BCUT2D eigenvalue weighted by atomic mass is 10.1. The maximum atomic E-state index is 12.7. The molecule has 1 aromatic rings. The number of urea groups is 1. The smallest absolute Gasteiger partial charge is 0.320 e. The number of carbonyl (C=O) groups is 2. The maximum absolute atomic E-state index is 12.7. The Kier molecular flexibility index (Phi) is 3.82. The number of amides is 3. The molecule has 1 unspecified atom stereocenters. The normalized spacial score (nSPS) is 22.3. The lowest BCUT2D eigenvalue weighted by Crippen LogP contribution is -2.50. The fraction of sp³-hybridized carbons (Fsp3) is 0.500. The summed E-state index contributed by atoms with van der Waals surface area (Å²) in [7, 11) is 0. The molecular weight excluding hydrogens is 266 g/mol. The van der Waals surface area contributed by atoms with Crippen LogP contribution in [0, 0.1) is 0 Å². The van der Waals surface area contributed by atoms with Crippen LogP contribution in [-0.4, -0.2) is 40.9 Å². The van der Waals surface area contributed by atoms with Crippen molar-refractivity contribution in [3.05, 3.63) is 29.8 Å². The van der Waals surface area contributed by atoms with Crippen molar-refractivity contribution in [2.75, 3.05) is 18.4 Å². The van der Waals surface area contributed by atoms with Crippen molar-refractivity contribution in [3.63, 3.8) is 0 Å². The standard InChI is InChI=1S/C16H21N3O2/c1-12-15(20)17-14-8-4-3-7-13(14)11-19(12)16(21)18-9-5-2-6-10-18/h3-4,7-8,12H,2,5-6,9-11H2,1H3,(H,17,20). The molecule has 3 rings (SSSR count). The van der Waals surface area contributed by atoms with E-state index in [1.165, 1.54) is 6.42 Å². The number of nitrogens with one attached hydrogen (secondary N) is 1. The summed E-state index contributed by atoms with van der Waals surface area (Å²) in [4.78, 5) is 28.6. The molecule has 2 heterocycles. The number of hydrogen-bond acceptors (Lipinski definition) is 2. The number of hydrogen-bond donors (Lipinski definition) is 1. The predicted octanol–water partition coefficient (Wildman–Crippen LogP) is 2.44. The largest absolute Gasteiger partial charge is 0.325 e. The minimum atomic E-state index is -0.452. The average molecular weight is 287 g/mol. The van der Waals surface area contributed by atoms with Gasteiger partial charge in [-0.25, -0.2) is 4.79 Å². The topological polar surface area (TPSA) is 52.7 Å². The van der Waals surface area contributed by atoms with Gasteiger partial charge in [-0.2, -0.15) is 0 Å². The van der Waals surface area contributed by atoms with Gasteiger partial charge < -0.3 is 15.1 Å². The zero-order chi connectivity index (χ0) is 14.8. The van der Waals surface area contributed by atoms with Crippen LogP contribution >= 0.6 is 0 Å². The van der Waals surface area contributed by atoms with E-state index in [0.717, 1.165) is 37.2 Å². The van der Waals surface area contributed by atoms with Gasteiger partial charge >= 0.3 is 6.03 Å². The number of likely N-dealkylation sites (tertiary alicyclic amines) is 1. The molecule has 2 aliphatic heterocycles. The Bertz CT molecular complexity index is 552. The first kappa shape index (κ1) is 13.9. The van der Waals surface area contributed by atoms with E-state index in [4.69, 9.17) is 0 Å². The van der Waals surface area contributed by atoms with Gasteiger partial charge in [0.25, 0.3) is 0 Å². The molecular formula is C16H21N3O2. The van der Waals surface area contributed by atoms with Gasteiger partial charge in [-0.05, 0) is 37.8 Å². The molecule has 5 heteroatoms. The fourth-order valence-corrected chi connectivity index (χ4v) is 2.98. The van der Waals surface area contributed by atoms with Crippen LogP contribution in [0.4, 0.5) is 10.5 Å². The minimum absolute atomic E-state index is 0.0194. The van der Waals surface area contributed by atoms with E-state index in [1.807, 2.05) is 29.2 Å². The first-order valence-corrected chi connectivity index (χ1v) is 7.61. The summed E-state index contributed by atoms with van der Waals surface area (Å²) in [6.45, 7) is 3.87. The van der Waals surface area contributed by atoms with Gasteiger partial charge in [0.15, 0.2) is 0 Å². The lowest BCUT2D eigenvalue weighted by Gasteiger charge is -2.34. The van der Waals surface area contributed by atoms with E-state index in [1.54, 1.807) is 11.8 Å². The molecule has 5 nitrogen and oxygen atoms in total. The molecule has 0 saturated carbocycles. The fourth-order valence-electron chi connectivity index (χ4n) is 2.98. The molecule has 0 radical (unpaired) electrons. The molecule has 3 amide bonds. The van der Waals surface area contributed by atoms with E-state index in [-0.39, 0.29) is 11.9 Å². The van der Waals surface area contributed by atoms with E-state index >= 15 is 0 Å². The van der Waals surface area contributed by atoms with Gasteiger partial charge in [0.05, 0.1) is 6.54 Å². The Hall–Kier alpha value is -2.04. The lowest BCUT2D eigenvalue weighted by molar-refractivity contribution is -0.120. The number of rotatable bonds is 0. The van der Waals surface area contributed by atoms with Gasteiger partial charge in [-0.3, -0.25) is 4.79 Å². The third-order valence-corrected chi connectivity index (χ3v) is 4.34. The highest BCUT2D eigenvalue weighted by molar-refractivity contribution is 5.98. The molecule has 2 aliphatic rings. The van der Waals surface area contributed by atoms with Gasteiger partial charge in [0.2, 0.25) is 5.91 Å². The van der Waals surface area contributed by atoms with Crippen molar-refractivity contribution < 1.29 is 9.59 Å². The second-order valence-electron chi connectivity index (χ2n) is 5.78. The van der Waals surface area contributed by atoms with Gasteiger partial charge in [-0.1, -0.05) is 18.2 Å². The van der Waals surface area contributed by atoms with Crippen LogP contribution in [0.3, 0.4) is 0 Å². The van der Waals surface area contributed by atoms with E-state index in [9.17, 15) is 9.59 Å². The highest BCUT2D eigenvalue weighted by Crippen LogP contribution is 2.24. The molecule has 0 spiro atoms. The quantitative estimate of drug-likeness (QED) is 0.797. The van der Waals surface area contributed by atoms with Crippen LogP contribution in [0.5, 0.6) is 0 Å². The third-order valence-electron chi connectivity index (χ3n) is 4.34. The molecule has 112 valence electrons. The Morgan fingerprint density at radius 3 is 2.67 bits per heavy atom. The predicted molar refractivity (Wildman–Crippen MR) is 80.9 cm³/mol. The monoisotopic (exact) mass is 287 g/mol. The van der Waals surface area contributed by atoms with Crippen molar-refractivity contribution in [2.24, 2.45) is 0 Å². The van der Waals surface area contributed by atoms with Crippen LogP contribution in [0.15, 0.2) is 24.3 Å². The summed E-state index contributed by atoms with van der Waals surface area (Å²) in [5.74, 6) is -0.120. The summed E-state index contributed by atoms with van der Waals surface area (Å²) >= 11 is 0. The Labute approximate surface area is 124 Å². The minimum Gasteiger partial charge on any atom is -0.325 e. The molecule has 1 saturated heterocycles. The molecule has 1 N–H and O–H groups in total. The number of piperidine rings is 1. The van der Waals surface area contributed by atoms with Crippen LogP contribution < -0.4 is 5.32 Å². The Morgan fingerprint density at radius 2 is 1.90 bits per heavy atom. The molecule has 1 fully saturated rings. The maximum Gasteiger partial charge on any atom is 0.320 e. The summed E-state index contributed by atoms with van der Waals surface area (Å²) in [5, 5.41) is 2.91. The van der Waals surface area contributed by atoms with Crippen molar-refractivity contribution in [1.29, 1.82) is 0 Å². The van der Waals surface area contributed by atoms with Gasteiger partial charge in [0, 0.05) is 18.8 Å². The highest BCUT2D eigenvalue weighted by atomic mass is 16.2. The summed E-state index contributed by atoms with van der Waals surface area (Å²) in [6, 6.07) is 7.20. The first-order valence-electron chi connectivity index (χ1n) is 7.61. The molecule has 1 atom stereocenters. The number of anilines is 1. The van der Waals surface area contributed by atoms with E-state index in [2.05, 4.69) is 5.32 Å². The second kappa shape index (κ2) is 5.76. The van der Waals surface area contributed by atoms with Crippen molar-refractivity contribution in [2.45, 2.75) is 38.8 Å². The Morgan fingerprint density at radius 1 is 1.19 bits per heavy atom. The zero-order valence-corrected chi connectivity index (χ0v) is 12.3. The number of fused-ring (bicyclic) bond motifs is 1. The number of benzene rings is 1. The second-order valence-corrected chi connectivity index (χ2v) is 5.78. The number of nitrogens with zero attached hydrogens (tertiary/aromatic N) is 2. The molecule has 21 heavy (non-hydrogen) atoms. The number of para-hydroxylation sites is 1. The number of carbonyl (C=O) groups excluding carboxylic acids is 2.